The Morgan fingerprint density at radius 1 is 1.17 bits per heavy atom. The highest BCUT2D eigenvalue weighted by Crippen LogP contribution is 2.54. The molecule has 0 bridgehead atoms. The van der Waals surface area contributed by atoms with Crippen LogP contribution in [0.4, 0.5) is 29.1 Å². The summed E-state index contributed by atoms with van der Waals surface area (Å²) in [5.74, 6) is -0.940. The van der Waals surface area contributed by atoms with Gasteiger partial charge in [-0.1, -0.05) is 18.7 Å². The molecular weight excluding hydrogens is 568 g/mol. The first-order valence-electron chi connectivity index (χ1n) is 12.2. The van der Waals surface area contributed by atoms with Crippen molar-refractivity contribution in [3.63, 3.8) is 0 Å². The van der Waals surface area contributed by atoms with Crippen molar-refractivity contribution in [3.05, 3.63) is 60.7 Å². The molecule has 4 atom stereocenters. The van der Waals surface area contributed by atoms with Crippen LogP contribution in [0.3, 0.4) is 0 Å². The summed E-state index contributed by atoms with van der Waals surface area (Å²) >= 11 is 0.602. The molecule has 0 saturated carbocycles. The zero-order valence-electron chi connectivity index (χ0n) is 21.8. The number of alkyl halides is 3. The van der Waals surface area contributed by atoms with Gasteiger partial charge in [0, 0.05) is 17.5 Å². The zero-order valence-corrected chi connectivity index (χ0v) is 22.7. The van der Waals surface area contributed by atoms with Crippen molar-refractivity contribution in [1.29, 1.82) is 0 Å². The average Bonchev–Trinajstić information content (AvgIpc) is 3.44. The lowest BCUT2D eigenvalue weighted by atomic mass is 9.72. The normalized spacial score (nSPS) is 23.7. The Balaban J connectivity index is 1.46. The van der Waals surface area contributed by atoms with Crippen molar-refractivity contribution >= 4 is 39.5 Å². The molecule has 0 aliphatic carbocycles. The van der Waals surface area contributed by atoms with Crippen LogP contribution >= 0.6 is 11.8 Å². The fraction of sp³-hybridized carbons (Fsp3) is 0.360. The van der Waals surface area contributed by atoms with E-state index in [-0.39, 0.29) is 28.8 Å². The van der Waals surface area contributed by atoms with Gasteiger partial charge in [0.1, 0.15) is 23.9 Å². The van der Waals surface area contributed by atoms with E-state index in [2.05, 4.69) is 35.2 Å². The quantitative estimate of drug-likeness (QED) is 0.205. The number of nitrogens with one attached hydrogen (secondary N) is 1. The second kappa shape index (κ2) is 10.4. The smallest absolute Gasteiger partial charge is 0.415 e. The Kier molecular flexibility index (Phi) is 7.23. The third-order valence-corrected chi connectivity index (χ3v) is 8.48. The van der Waals surface area contributed by atoms with E-state index in [1.54, 1.807) is 6.07 Å². The molecule has 0 saturated heterocycles. The standard InChI is InChI=1S/C25H24F4N8O3S/c1-12-23(2,37-22(30)41-24(12,3)21(38)25(27,28)29)15-6-13(8-33-19(15)26)36-20-18-16(34-11-35-20)7-14(9-32-18)40-10-17-31-4-5-39-17/h4-9,11-12,21,38H,10H2,1-3H3,(H2,30,37)(H,34,35,36)/t12-,21+,23-,24-/m0/s1. The summed E-state index contributed by atoms with van der Waals surface area (Å²) in [5.41, 5.74) is 5.26. The maximum absolute atomic E-state index is 15.2. The van der Waals surface area contributed by atoms with Crippen LogP contribution in [-0.2, 0) is 12.1 Å². The number of hydrogen-bond acceptors (Lipinski definition) is 12. The van der Waals surface area contributed by atoms with Crippen LogP contribution in [0.25, 0.3) is 11.0 Å². The number of anilines is 2. The number of aliphatic hydroxyl groups is 1. The Bertz CT molecular complexity index is 1610. The van der Waals surface area contributed by atoms with Crippen molar-refractivity contribution in [1.82, 2.24) is 24.9 Å². The Hall–Kier alpha value is -4.05. The van der Waals surface area contributed by atoms with Gasteiger partial charge in [0.15, 0.2) is 23.7 Å². The van der Waals surface area contributed by atoms with E-state index in [1.807, 2.05) is 0 Å². The first-order valence-corrected chi connectivity index (χ1v) is 13.0. The first kappa shape index (κ1) is 28.5. The summed E-state index contributed by atoms with van der Waals surface area (Å²) in [6, 6.07) is 3.01. The minimum atomic E-state index is -4.93. The molecule has 5 rings (SSSR count). The number of aliphatic imine (C=N–C) groups is 1. The van der Waals surface area contributed by atoms with Gasteiger partial charge in [0.25, 0.3) is 0 Å². The number of ether oxygens (including phenoxy) is 1. The number of pyridine rings is 2. The van der Waals surface area contributed by atoms with Crippen LogP contribution in [0.5, 0.6) is 5.75 Å². The predicted molar refractivity (Wildman–Crippen MR) is 142 cm³/mol. The third kappa shape index (κ3) is 5.36. The molecule has 0 spiro atoms. The summed E-state index contributed by atoms with van der Waals surface area (Å²) < 4.78 is 64.9. The van der Waals surface area contributed by atoms with E-state index in [0.29, 0.717) is 34.4 Å². The molecule has 11 nitrogen and oxygen atoms in total. The second-order valence-electron chi connectivity index (χ2n) is 9.71. The summed E-state index contributed by atoms with van der Waals surface area (Å²) in [4.78, 5) is 24.9. The molecule has 5 heterocycles. The van der Waals surface area contributed by atoms with E-state index in [0.717, 1.165) is 0 Å². The maximum atomic E-state index is 15.2. The van der Waals surface area contributed by atoms with Crippen LogP contribution in [0, 0.1) is 11.9 Å². The lowest BCUT2D eigenvalue weighted by molar-refractivity contribution is -0.217. The molecule has 4 N–H and O–H groups in total. The molecule has 216 valence electrons. The molecule has 0 aromatic carbocycles. The van der Waals surface area contributed by atoms with Gasteiger partial charge in [-0.05, 0) is 19.9 Å². The minimum Gasteiger partial charge on any atom is -0.482 e. The van der Waals surface area contributed by atoms with Crippen LogP contribution in [0.15, 0.2) is 52.7 Å². The van der Waals surface area contributed by atoms with Crippen molar-refractivity contribution in [3.8, 4) is 5.75 Å². The van der Waals surface area contributed by atoms with Crippen LogP contribution < -0.4 is 15.8 Å². The fourth-order valence-electron chi connectivity index (χ4n) is 4.70. The van der Waals surface area contributed by atoms with E-state index in [9.17, 15) is 18.3 Å². The topological polar surface area (TPSA) is 157 Å². The number of halogens is 4. The summed E-state index contributed by atoms with van der Waals surface area (Å²) in [7, 11) is 0. The molecule has 4 aromatic heterocycles. The highest BCUT2D eigenvalue weighted by molar-refractivity contribution is 8.15. The van der Waals surface area contributed by atoms with Gasteiger partial charge in [-0.15, -0.1) is 0 Å². The van der Waals surface area contributed by atoms with E-state index >= 15 is 4.39 Å². The number of amidine groups is 1. The van der Waals surface area contributed by atoms with Crippen LogP contribution in [0.2, 0.25) is 0 Å². The molecular formula is C25H24F4N8O3S. The molecule has 0 unspecified atom stereocenters. The number of nitrogens with two attached hydrogens (primary N) is 1. The number of oxazole rings is 1. The monoisotopic (exact) mass is 592 g/mol. The van der Waals surface area contributed by atoms with Gasteiger partial charge in [-0.2, -0.15) is 17.6 Å². The SMILES string of the molecule is C[C@@H]1[C@@](C)([C@@H](O)C(F)(F)F)SC(N)=N[C@]1(C)c1cc(Nc2ncnc3cc(OCc4ncco4)cnc23)cnc1F. The highest BCUT2D eigenvalue weighted by Gasteiger charge is 2.60. The first-order chi connectivity index (χ1) is 19.3. The van der Waals surface area contributed by atoms with Crippen molar-refractivity contribution < 1.29 is 31.8 Å². The van der Waals surface area contributed by atoms with Gasteiger partial charge in [-0.3, -0.25) is 4.99 Å². The average molecular weight is 593 g/mol. The molecule has 1 aliphatic rings. The van der Waals surface area contributed by atoms with Crippen LogP contribution in [0.1, 0.15) is 32.2 Å². The number of aromatic nitrogens is 5. The minimum absolute atomic E-state index is 0.0855. The Morgan fingerprint density at radius 3 is 2.66 bits per heavy atom. The van der Waals surface area contributed by atoms with Gasteiger partial charge >= 0.3 is 6.18 Å². The number of rotatable bonds is 7. The number of hydrogen-bond donors (Lipinski definition) is 3. The molecule has 0 amide bonds. The van der Waals surface area contributed by atoms with Crippen molar-refractivity contribution in [2.45, 2.75) is 49.9 Å². The van der Waals surface area contributed by atoms with Crippen molar-refractivity contribution in [2.24, 2.45) is 16.6 Å². The van der Waals surface area contributed by atoms with Gasteiger partial charge in [-0.25, -0.2) is 24.9 Å². The highest BCUT2D eigenvalue weighted by atomic mass is 32.2. The van der Waals surface area contributed by atoms with Gasteiger partial charge in [0.2, 0.25) is 11.8 Å². The van der Waals surface area contributed by atoms with E-state index in [4.69, 9.17) is 14.9 Å². The van der Waals surface area contributed by atoms with Gasteiger partial charge < -0.3 is 25.3 Å². The lowest BCUT2D eigenvalue weighted by Crippen LogP contribution is -2.58. The number of aliphatic hydroxyl groups excluding tert-OH is 1. The molecule has 0 radical (unpaired) electrons. The Labute approximate surface area is 234 Å². The summed E-state index contributed by atoms with van der Waals surface area (Å²) in [5, 5.41) is 13.0. The fourth-order valence-corrected chi connectivity index (χ4v) is 6.04. The Morgan fingerprint density at radius 2 is 1.95 bits per heavy atom. The summed E-state index contributed by atoms with van der Waals surface area (Å²) in [6.07, 6.45) is -0.807. The largest absolute Gasteiger partial charge is 0.482 e. The second-order valence-corrected chi connectivity index (χ2v) is 11.2. The summed E-state index contributed by atoms with van der Waals surface area (Å²) in [6.45, 7) is 4.23. The molecule has 16 heteroatoms. The lowest BCUT2D eigenvalue weighted by Gasteiger charge is -2.49. The molecule has 41 heavy (non-hydrogen) atoms. The van der Waals surface area contributed by atoms with E-state index < -0.39 is 34.4 Å². The van der Waals surface area contributed by atoms with Gasteiger partial charge in [0.05, 0.1) is 40.1 Å². The maximum Gasteiger partial charge on any atom is 0.415 e. The van der Waals surface area contributed by atoms with Crippen LogP contribution in [-0.4, -0.2) is 52.2 Å². The third-order valence-electron chi connectivity index (χ3n) is 7.17. The molecule has 0 fully saturated rings. The predicted octanol–water partition coefficient (Wildman–Crippen LogP) is 4.46. The zero-order chi connectivity index (χ0) is 29.6. The van der Waals surface area contributed by atoms with E-state index in [1.165, 1.54) is 58.0 Å². The molecule has 1 aliphatic heterocycles. The number of fused-ring (bicyclic) bond motifs is 1. The molecule has 4 aromatic rings. The number of thioether (sulfide) groups is 1. The number of nitrogens with zero attached hydrogens (tertiary/aromatic N) is 6. The van der Waals surface area contributed by atoms with Crippen molar-refractivity contribution in [2.75, 3.05) is 5.32 Å².